The summed E-state index contributed by atoms with van der Waals surface area (Å²) in [7, 11) is 0. The van der Waals surface area contributed by atoms with E-state index in [0.717, 1.165) is 18.4 Å². The van der Waals surface area contributed by atoms with Gasteiger partial charge in [-0.3, -0.25) is 9.59 Å². The molecule has 2 amide bonds. The molecule has 1 N–H and O–H groups in total. The van der Waals surface area contributed by atoms with Gasteiger partial charge in [0.05, 0.1) is 11.7 Å². The molecule has 0 bridgehead atoms. The minimum absolute atomic E-state index is 0.00924. The number of rotatable bonds is 4. The normalized spacial score (nSPS) is 20.3. The zero-order chi connectivity index (χ0) is 17.9. The second-order valence-electron chi connectivity index (χ2n) is 7.04. The Morgan fingerprint density at radius 1 is 1.24 bits per heavy atom. The minimum atomic E-state index is -0.578. The maximum absolute atomic E-state index is 12.7. The fraction of sp³-hybridized carbons (Fsp3) is 0.400. The van der Waals surface area contributed by atoms with Crippen LogP contribution in [-0.4, -0.2) is 29.8 Å². The van der Waals surface area contributed by atoms with Gasteiger partial charge in [0, 0.05) is 19.6 Å². The second kappa shape index (κ2) is 7.13. The Labute approximate surface area is 148 Å². The first-order chi connectivity index (χ1) is 12.0. The standard InChI is InChI=1S/C20H24N2O3/c1-15-6-8-16(9-7-15)13-21-19(24)20(2)10-4-11-22(14-20)18(23)17-5-3-12-25-17/h3,5-9,12H,4,10-11,13-14H2,1-2H3,(H,21,24)/t20-/m1/s1. The summed E-state index contributed by atoms with van der Waals surface area (Å²) in [6.45, 7) is 5.53. The molecule has 1 saturated heterocycles. The molecule has 2 heterocycles. The number of nitrogens with one attached hydrogen (secondary N) is 1. The van der Waals surface area contributed by atoms with Gasteiger partial charge in [-0.15, -0.1) is 0 Å². The van der Waals surface area contributed by atoms with Crippen LogP contribution >= 0.6 is 0 Å². The van der Waals surface area contributed by atoms with Gasteiger partial charge in [0.1, 0.15) is 0 Å². The third-order valence-electron chi connectivity index (χ3n) is 4.84. The highest BCUT2D eigenvalue weighted by atomic mass is 16.3. The number of hydrogen-bond acceptors (Lipinski definition) is 3. The third-order valence-corrected chi connectivity index (χ3v) is 4.84. The van der Waals surface area contributed by atoms with Gasteiger partial charge in [0.2, 0.25) is 5.91 Å². The maximum Gasteiger partial charge on any atom is 0.289 e. The number of aryl methyl sites for hydroxylation is 1. The molecule has 0 aliphatic carbocycles. The van der Waals surface area contributed by atoms with Crippen molar-refractivity contribution >= 4 is 11.8 Å². The summed E-state index contributed by atoms with van der Waals surface area (Å²) in [5.74, 6) is 0.164. The highest BCUT2D eigenvalue weighted by molar-refractivity contribution is 5.92. The first-order valence-corrected chi connectivity index (χ1v) is 8.65. The number of furan rings is 1. The van der Waals surface area contributed by atoms with Crippen LogP contribution in [0.2, 0.25) is 0 Å². The molecule has 1 atom stereocenters. The van der Waals surface area contributed by atoms with Gasteiger partial charge < -0.3 is 14.6 Å². The summed E-state index contributed by atoms with van der Waals surface area (Å²) >= 11 is 0. The summed E-state index contributed by atoms with van der Waals surface area (Å²) in [4.78, 5) is 26.9. The van der Waals surface area contributed by atoms with E-state index in [2.05, 4.69) is 5.32 Å². The van der Waals surface area contributed by atoms with Crippen molar-refractivity contribution in [3.8, 4) is 0 Å². The smallest absolute Gasteiger partial charge is 0.289 e. The molecule has 3 rings (SSSR count). The molecule has 0 radical (unpaired) electrons. The van der Waals surface area contributed by atoms with E-state index >= 15 is 0 Å². The van der Waals surface area contributed by atoms with Crippen molar-refractivity contribution in [3.63, 3.8) is 0 Å². The number of nitrogens with zero attached hydrogens (tertiary/aromatic N) is 1. The summed E-state index contributed by atoms with van der Waals surface area (Å²) in [6.07, 6.45) is 3.07. The summed E-state index contributed by atoms with van der Waals surface area (Å²) < 4.78 is 5.20. The number of carbonyl (C=O) groups excluding carboxylic acids is 2. The second-order valence-corrected chi connectivity index (χ2v) is 7.04. The molecule has 1 aliphatic heterocycles. The van der Waals surface area contributed by atoms with Crippen molar-refractivity contribution in [2.75, 3.05) is 13.1 Å². The molecule has 1 aromatic heterocycles. The van der Waals surface area contributed by atoms with Crippen molar-refractivity contribution < 1.29 is 14.0 Å². The highest BCUT2D eigenvalue weighted by Crippen LogP contribution is 2.30. The van der Waals surface area contributed by atoms with Crippen LogP contribution < -0.4 is 5.32 Å². The van der Waals surface area contributed by atoms with E-state index in [0.29, 0.717) is 25.4 Å². The van der Waals surface area contributed by atoms with Crippen LogP contribution in [0.15, 0.2) is 47.1 Å². The molecule has 1 aromatic carbocycles. The van der Waals surface area contributed by atoms with Gasteiger partial charge in [-0.1, -0.05) is 29.8 Å². The van der Waals surface area contributed by atoms with Crippen LogP contribution in [0.4, 0.5) is 0 Å². The van der Waals surface area contributed by atoms with E-state index in [1.54, 1.807) is 17.0 Å². The Hall–Kier alpha value is -2.56. The maximum atomic E-state index is 12.7. The Kier molecular flexibility index (Phi) is 4.93. The molecule has 0 spiro atoms. The summed E-state index contributed by atoms with van der Waals surface area (Å²) in [6, 6.07) is 11.5. The summed E-state index contributed by atoms with van der Waals surface area (Å²) in [5.41, 5.74) is 1.69. The van der Waals surface area contributed by atoms with Gasteiger partial charge in [-0.05, 0) is 44.4 Å². The van der Waals surface area contributed by atoms with Crippen molar-refractivity contribution in [1.29, 1.82) is 0 Å². The molecule has 1 aliphatic rings. The number of carbonyl (C=O) groups is 2. The van der Waals surface area contributed by atoms with Gasteiger partial charge in [-0.25, -0.2) is 0 Å². The quantitative estimate of drug-likeness (QED) is 0.930. The number of benzene rings is 1. The van der Waals surface area contributed by atoms with Crippen LogP contribution in [0.25, 0.3) is 0 Å². The number of likely N-dealkylation sites (tertiary alicyclic amines) is 1. The fourth-order valence-corrected chi connectivity index (χ4v) is 3.26. The molecule has 5 heteroatoms. The average Bonchev–Trinajstić information content (AvgIpc) is 3.15. The Morgan fingerprint density at radius 3 is 2.68 bits per heavy atom. The van der Waals surface area contributed by atoms with Crippen molar-refractivity contribution in [3.05, 3.63) is 59.5 Å². The van der Waals surface area contributed by atoms with Gasteiger partial charge in [0.15, 0.2) is 5.76 Å². The molecule has 25 heavy (non-hydrogen) atoms. The van der Waals surface area contributed by atoms with E-state index in [1.807, 2.05) is 38.1 Å². The molecule has 0 saturated carbocycles. The zero-order valence-corrected chi connectivity index (χ0v) is 14.7. The van der Waals surface area contributed by atoms with E-state index in [-0.39, 0.29) is 11.8 Å². The molecule has 132 valence electrons. The Morgan fingerprint density at radius 2 is 2.00 bits per heavy atom. The minimum Gasteiger partial charge on any atom is -0.459 e. The van der Waals surface area contributed by atoms with Crippen LogP contribution in [0.5, 0.6) is 0 Å². The Bertz CT molecular complexity index is 737. The number of amides is 2. The lowest BCUT2D eigenvalue weighted by Gasteiger charge is -2.39. The number of piperidine rings is 1. The molecule has 0 unspecified atom stereocenters. The van der Waals surface area contributed by atoms with E-state index < -0.39 is 5.41 Å². The van der Waals surface area contributed by atoms with Crippen molar-refractivity contribution in [2.45, 2.75) is 33.2 Å². The average molecular weight is 340 g/mol. The van der Waals surface area contributed by atoms with E-state index in [4.69, 9.17) is 4.42 Å². The van der Waals surface area contributed by atoms with Crippen molar-refractivity contribution in [1.82, 2.24) is 10.2 Å². The lowest BCUT2D eigenvalue weighted by molar-refractivity contribution is -0.132. The SMILES string of the molecule is Cc1ccc(CNC(=O)[C@]2(C)CCCN(C(=O)c3ccco3)C2)cc1. The van der Waals surface area contributed by atoms with Crippen LogP contribution in [0.3, 0.4) is 0 Å². The summed E-state index contributed by atoms with van der Waals surface area (Å²) in [5, 5.41) is 3.02. The molecule has 1 fully saturated rings. The first kappa shape index (κ1) is 17.3. The first-order valence-electron chi connectivity index (χ1n) is 8.65. The van der Waals surface area contributed by atoms with Gasteiger partial charge in [0.25, 0.3) is 5.91 Å². The Balaban J connectivity index is 1.62. The number of hydrogen-bond donors (Lipinski definition) is 1. The monoisotopic (exact) mass is 340 g/mol. The van der Waals surface area contributed by atoms with Crippen LogP contribution in [-0.2, 0) is 11.3 Å². The lowest BCUT2D eigenvalue weighted by Crippen LogP contribution is -2.51. The van der Waals surface area contributed by atoms with E-state index in [1.165, 1.54) is 11.8 Å². The zero-order valence-electron chi connectivity index (χ0n) is 14.7. The van der Waals surface area contributed by atoms with Crippen LogP contribution in [0, 0.1) is 12.3 Å². The van der Waals surface area contributed by atoms with Crippen LogP contribution in [0.1, 0.15) is 41.4 Å². The highest BCUT2D eigenvalue weighted by Gasteiger charge is 2.39. The predicted molar refractivity (Wildman–Crippen MR) is 95.0 cm³/mol. The molecule has 2 aromatic rings. The fourth-order valence-electron chi connectivity index (χ4n) is 3.26. The van der Waals surface area contributed by atoms with E-state index in [9.17, 15) is 9.59 Å². The molecular formula is C20H24N2O3. The molecule has 5 nitrogen and oxygen atoms in total. The van der Waals surface area contributed by atoms with Gasteiger partial charge in [-0.2, -0.15) is 0 Å². The van der Waals surface area contributed by atoms with Crippen molar-refractivity contribution in [2.24, 2.45) is 5.41 Å². The third kappa shape index (κ3) is 3.92. The molecular weight excluding hydrogens is 316 g/mol. The lowest BCUT2D eigenvalue weighted by atomic mass is 9.80. The topological polar surface area (TPSA) is 62.6 Å². The predicted octanol–water partition coefficient (Wildman–Crippen LogP) is 3.15. The van der Waals surface area contributed by atoms with Gasteiger partial charge >= 0.3 is 0 Å². The largest absolute Gasteiger partial charge is 0.459 e.